The number of anilines is 1. The Labute approximate surface area is 265 Å². The smallest absolute Gasteiger partial charge is 0.295 e. The van der Waals surface area contributed by atoms with Crippen molar-refractivity contribution in [1.29, 1.82) is 0 Å². The number of hydrogen-bond acceptors (Lipinski definition) is 7. The maximum atomic E-state index is 14.1. The molecule has 3 aromatic heterocycles. The number of methoxy groups -OCH3 is 1. The van der Waals surface area contributed by atoms with E-state index in [1.54, 1.807) is 62.2 Å². The molecule has 3 aromatic carbocycles. The van der Waals surface area contributed by atoms with Gasteiger partial charge in [-0.2, -0.15) is 0 Å². The fourth-order valence-corrected chi connectivity index (χ4v) is 6.81. The van der Waals surface area contributed by atoms with Gasteiger partial charge in [0, 0.05) is 23.0 Å². The van der Waals surface area contributed by atoms with E-state index < -0.39 is 5.91 Å². The second kappa shape index (κ2) is 12.2. The van der Waals surface area contributed by atoms with E-state index in [-0.39, 0.29) is 22.6 Å². The van der Waals surface area contributed by atoms with E-state index in [1.807, 2.05) is 47.8 Å². The number of ether oxygens (including phenoxy) is 1. The monoisotopic (exact) mass is 643 g/mol. The van der Waals surface area contributed by atoms with Gasteiger partial charge in [0.05, 0.1) is 35.3 Å². The number of amides is 1. The van der Waals surface area contributed by atoms with Crippen LogP contribution in [-0.4, -0.2) is 37.7 Å². The lowest BCUT2D eigenvalue weighted by molar-refractivity contribution is -0.113. The highest BCUT2D eigenvalue weighted by atomic mass is 35.5. The largest absolute Gasteiger partial charge is 0.497 e. The van der Waals surface area contributed by atoms with Gasteiger partial charge in [-0.1, -0.05) is 53.7 Å². The molecule has 0 unspecified atom stereocenters. The molecule has 0 aliphatic heterocycles. The van der Waals surface area contributed by atoms with Gasteiger partial charge < -0.3 is 10.1 Å². The summed E-state index contributed by atoms with van der Waals surface area (Å²) in [5.74, 6) is 0.161. The third-order valence-electron chi connectivity index (χ3n) is 7.21. The Kier molecular flexibility index (Phi) is 8.17. The summed E-state index contributed by atoms with van der Waals surface area (Å²) in [6, 6.07) is 23.6. The molecule has 222 valence electrons. The molecule has 0 bridgehead atoms. The molecule has 0 saturated heterocycles. The molecule has 0 atom stereocenters. The van der Waals surface area contributed by atoms with Crippen molar-refractivity contribution in [1.82, 2.24) is 18.9 Å². The first-order chi connectivity index (χ1) is 21.3. The lowest BCUT2D eigenvalue weighted by Crippen LogP contribution is -2.24. The Balaban J connectivity index is 1.35. The fraction of sp³-hybridized carbons (Fsp3) is 0.125. The molecule has 0 saturated carbocycles. The first-order valence-electron chi connectivity index (χ1n) is 13.5. The van der Waals surface area contributed by atoms with Crippen molar-refractivity contribution in [2.45, 2.75) is 12.1 Å². The average molecular weight is 644 g/mol. The van der Waals surface area contributed by atoms with E-state index in [2.05, 4.69) is 5.32 Å². The minimum atomic E-state index is -0.398. The predicted octanol–water partition coefficient (Wildman–Crippen LogP) is 6.30. The number of aromatic nitrogens is 4. The van der Waals surface area contributed by atoms with Crippen LogP contribution in [0.25, 0.3) is 32.7 Å². The van der Waals surface area contributed by atoms with Crippen LogP contribution < -0.4 is 21.2 Å². The number of fused-ring (bicyclic) bond motifs is 1. The summed E-state index contributed by atoms with van der Waals surface area (Å²) in [6.07, 6.45) is 0. The second-order valence-corrected chi connectivity index (χ2v) is 12.1. The molecule has 0 fully saturated rings. The Bertz CT molecular complexity index is 2120. The first kappa shape index (κ1) is 29.5. The number of nitrogens with zero attached hydrogens (tertiary/aromatic N) is 4. The van der Waals surface area contributed by atoms with Gasteiger partial charge >= 0.3 is 0 Å². The summed E-state index contributed by atoms with van der Waals surface area (Å²) < 4.78 is 10.0. The van der Waals surface area contributed by atoms with Gasteiger partial charge in [0.2, 0.25) is 5.91 Å². The van der Waals surface area contributed by atoms with Crippen LogP contribution in [0.5, 0.6) is 5.75 Å². The second-order valence-electron chi connectivity index (χ2n) is 9.84. The summed E-state index contributed by atoms with van der Waals surface area (Å²) in [7, 11) is 3.33. The quantitative estimate of drug-likeness (QED) is 0.154. The predicted molar refractivity (Wildman–Crippen MR) is 177 cm³/mol. The van der Waals surface area contributed by atoms with Gasteiger partial charge in [-0.15, -0.1) is 11.3 Å². The average Bonchev–Trinajstić information content (AvgIpc) is 3.55. The number of benzene rings is 3. The highest BCUT2D eigenvalue weighted by Crippen LogP contribution is 2.34. The minimum absolute atomic E-state index is 0.0807. The summed E-state index contributed by atoms with van der Waals surface area (Å²) >= 11 is 8.57. The van der Waals surface area contributed by atoms with Crippen molar-refractivity contribution >= 4 is 56.5 Å². The normalized spacial score (nSPS) is 11.2. The number of carbonyl (C=O) groups excluding carboxylic acids is 1. The SMILES string of the molecule is COc1ccc(-n2c(SCC(=O)Nc3c(C)n(C)n(-c4ccccc4)c3=O)nc3scc(-c4ccc(Cl)cc4)c3c2=O)cc1. The molecule has 6 rings (SSSR count). The lowest BCUT2D eigenvalue weighted by Gasteiger charge is -2.13. The van der Waals surface area contributed by atoms with Crippen molar-refractivity contribution in [3.63, 3.8) is 0 Å². The first-order valence-corrected chi connectivity index (χ1v) is 15.7. The number of hydrogen-bond donors (Lipinski definition) is 1. The van der Waals surface area contributed by atoms with Crippen LogP contribution in [0.4, 0.5) is 5.69 Å². The van der Waals surface area contributed by atoms with Gasteiger partial charge in [0.15, 0.2) is 5.16 Å². The van der Waals surface area contributed by atoms with Crippen LogP contribution >= 0.6 is 34.7 Å². The molecule has 44 heavy (non-hydrogen) atoms. The van der Waals surface area contributed by atoms with Gasteiger partial charge in [-0.05, 0) is 61.0 Å². The molecule has 12 heteroatoms. The van der Waals surface area contributed by atoms with Crippen molar-refractivity contribution < 1.29 is 9.53 Å². The van der Waals surface area contributed by atoms with Crippen molar-refractivity contribution in [3.05, 3.63) is 116 Å². The third kappa shape index (κ3) is 5.45. The third-order valence-corrected chi connectivity index (χ3v) is 9.28. The number of thioether (sulfide) groups is 1. The molecule has 0 aliphatic carbocycles. The summed E-state index contributed by atoms with van der Waals surface area (Å²) in [4.78, 5) is 46.0. The van der Waals surface area contributed by atoms with Crippen LogP contribution in [0.2, 0.25) is 5.02 Å². The maximum absolute atomic E-state index is 14.1. The van der Waals surface area contributed by atoms with E-state index in [0.717, 1.165) is 22.9 Å². The molecule has 3 heterocycles. The zero-order valence-corrected chi connectivity index (χ0v) is 26.3. The molecule has 0 aliphatic rings. The van der Waals surface area contributed by atoms with E-state index in [4.69, 9.17) is 21.3 Å². The highest BCUT2D eigenvalue weighted by Gasteiger charge is 2.21. The summed E-state index contributed by atoms with van der Waals surface area (Å²) in [5, 5.41) is 6.10. The Morgan fingerprint density at radius 2 is 1.68 bits per heavy atom. The van der Waals surface area contributed by atoms with Crippen LogP contribution in [-0.2, 0) is 11.8 Å². The molecule has 1 amide bonds. The standard InChI is InChI=1S/C32H26ClN5O4S2/c1-19-28(31(41)38(36(19)2)23-7-5-4-6-8-23)34-26(39)18-44-32-35-29-27(25(17-43-29)20-9-11-21(33)12-10-20)30(40)37(32)22-13-15-24(42-3)16-14-22/h4-17H,18H2,1-3H3,(H,34,39). The molecule has 0 spiro atoms. The highest BCUT2D eigenvalue weighted by molar-refractivity contribution is 7.99. The van der Waals surface area contributed by atoms with Gasteiger partial charge in [-0.3, -0.25) is 23.6 Å². The molecular formula is C32H26ClN5O4S2. The molecule has 9 nitrogen and oxygen atoms in total. The van der Waals surface area contributed by atoms with Crippen LogP contribution in [0.1, 0.15) is 5.69 Å². The topological polar surface area (TPSA) is 100 Å². The van der Waals surface area contributed by atoms with Crippen molar-refractivity contribution in [3.8, 4) is 28.3 Å². The Morgan fingerprint density at radius 1 is 0.977 bits per heavy atom. The van der Waals surface area contributed by atoms with Gasteiger partial charge in [0.25, 0.3) is 11.1 Å². The lowest BCUT2D eigenvalue weighted by atomic mass is 10.1. The Morgan fingerprint density at radius 3 is 2.36 bits per heavy atom. The number of carbonyl (C=O) groups is 1. The van der Waals surface area contributed by atoms with Crippen molar-refractivity contribution in [2.75, 3.05) is 18.2 Å². The van der Waals surface area contributed by atoms with Gasteiger partial charge in [-0.25, -0.2) is 9.67 Å². The Hall–Kier alpha value is -4.58. The number of para-hydroxylation sites is 1. The summed E-state index contributed by atoms with van der Waals surface area (Å²) in [6.45, 7) is 1.77. The molecule has 6 aromatic rings. The molecule has 1 N–H and O–H groups in total. The van der Waals surface area contributed by atoms with Crippen LogP contribution in [0.15, 0.2) is 99.0 Å². The van der Waals surface area contributed by atoms with E-state index >= 15 is 0 Å². The van der Waals surface area contributed by atoms with E-state index in [9.17, 15) is 14.4 Å². The summed E-state index contributed by atoms with van der Waals surface area (Å²) in [5.41, 5.74) is 3.07. The minimum Gasteiger partial charge on any atom is -0.497 e. The van der Waals surface area contributed by atoms with Crippen LogP contribution in [0.3, 0.4) is 0 Å². The number of nitrogens with one attached hydrogen (secondary N) is 1. The van der Waals surface area contributed by atoms with Gasteiger partial charge in [0.1, 0.15) is 16.3 Å². The maximum Gasteiger partial charge on any atom is 0.295 e. The van der Waals surface area contributed by atoms with E-state index in [0.29, 0.717) is 43.2 Å². The van der Waals surface area contributed by atoms with Crippen molar-refractivity contribution in [2.24, 2.45) is 7.05 Å². The fourth-order valence-electron chi connectivity index (χ4n) is 4.89. The molecule has 0 radical (unpaired) electrons. The number of thiophene rings is 1. The zero-order valence-electron chi connectivity index (χ0n) is 23.9. The van der Waals surface area contributed by atoms with Crippen LogP contribution in [0, 0.1) is 6.92 Å². The number of halogens is 1. The van der Waals surface area contributed by atoms with E-state index in [1.165, 1.54) is 20.6 Å². The molecular weight excluding hydrogens is 618 g/mol. The number of rotatable bonds is 8. The zero-order chi connectivity index (χ0) is 31.0.